The number of hydrogen-bond acceptors (Lipinski definition) is 3. The molecule has 1 aromatic rings. The van der Waals surface area contributed by atoms with E-state index in [4.69, 9.17) is 0 Å². The second-order valence-corrected chi connectivity index (χ2v) is 4.79. The highest BCUT2D eigenvalue weighted by atomic mass is 16.2. The van der Waals surface area contributed by atoms with E-state index in [2.05, 4.69) is 10.3 Å². The molecule has 1 aliphatic heterocycles. The van der Waals surface area contributed by atoms with E-state index in [1.54, 1.807) is 24.5 Å². The Balaban J connectivity index is 1.97. The summed E-state index contributed by atoms with van der Waals surface area (Å²) in [5, 5.41) is 3.40. The third-order valence-electron chi connectivity index (χ3n) is 3.47. The van der Waals surface area contributed by atoms with Gasteiger partial charge in [-0.25, -0.2) is 0 Å². The molecule has 0 aliphatic carbocycles. The van der Waals surface area contributed by atoms with E-state index in [0.717, 1.165) is 31.7 Å². The minimum absolute atomic E-state index is 0.116. The molecule has 1 unspecified atom stereocenters. The monoisotopic (exact) mass is 247 g/mol. The number of amides is 1. The molecule has 1 amide bonds. The summed E-state index contributed by atoms with van der Waals surface area (Å²) in [6.07, 6.45) is 5.77. The molecule has 2 rings (SSSR count). The molecule has 1 N–H and O–H groups in total. The number of carbonyl (C=O) groups excluding carboxylic acids is 1. The molecule has 98 valence electrons. The van der Waals surface area contributed by atoms with Crippen LogP contribution in [0.4, 0.5) is 0 Å². The highest BCUT2D eigenvalue weighted by molar-refractivity contribution is 5.94. The lowest BCUT2D eigenvalue weighted by molar-refractivity contribution is 0.0729. The number of pyridine rings is 1. The fourth-order valence-corrected chi connectivity index (χ4v) is 2.42. The van der Waals surface area contributed by atoms with Gasteiger partial charge >= 0.3 is 0 Å². The van der Waals surface area contributed by atoms with Crippen LogP contribution in [0.2, 0.25) is 0 Å². The number of piperidine rings is 1. The van der Waals surface area contributed by atoms with E-state index in [1.165, 1.54) is 12.8 Å². The smallest absolute Gasteiger partial charge is 0.253 e. The van der Waals surface area contributed by atoms with Crippen LogP contribution in [0.1, 0.15) is 30.1 Å². The Bertz CT molecular complexity index is 374. The summed E-state index contributed by atoms with van der Waals surface area (Å²) >= 11 is 0. The lowest BCUT2D eigenvalue weighted by Crippen LogP contribution is -2.41. The summed E-state index contributed by atoms with van der Waals surface area (Å²) in [5.41, 5.74) is 0.732. The number of aromatic nitrogens is 1. The maximum atomic E-state index is 12.3. The Morgan fingerprint density at radius 3 is 2.89 bits per heavy atom. The van der Waals surface area contributed by atoms with Crippen LogP contribution in [0.3, 0.4) is 0 Å². The summed E-state index contributed by atoms with van der Waals surface area (Å²) in [5.74, 6) is 0.704. The van der Waals surface area contributed by atoms with Gasteiger partial charge in [0.05, 0.1) is 0 Å². The fraction of sp³-hybridized carbons (Fsp3) is 0.571. The molecule has 1 saturated heterocycles. The Hall–Kier alpha value is -1.42. The highest BCUT2D eigenvalue weighted by Gasteiger charge is 2.20. The zero-order valence-corrected chi connectivity index (χ0v) is 10.9. The van der Waals surface area contributed by atoms with Crippen molar-refractivity contribution in [2.24, 2.45) is 5.92 Å². The molecular formula is C14H21N3O. The van der Waals surface area contributed by atoms with Crippen molar-refractivity contribution in [3.63, 3.8) is 0 Å². The number of carbonyl (C=O) groups is 1. The molecular weight excluding hydrogens is 226 g/mol. The average Bonchev–Trinajstić information content (AvgIpc) is 2.46. The maximum Gasteiger partial charge on any atom is 0.253 e. The van der Waals surface area contributed by atoms with Gasteiger partial charge in [0, 0.05) is 31.0 Å². The number of hydrogen-bond donors (Lipinski definition) is 1. The van der Waals surface area contributed by atoms with Crippen LogP contribution >= 0.6 is 0 Å². The summed E-state index contributed by atoms with van der Waals surface area (Å²) in [6, 6.07) is 3.56. The van der Waals surface area contributed by atoms with E-state index >= 15 is 0 Å². The van der Waals surface area contributed by atoms with Crippen molar-refractivity contribution in [2.75, 3.05) is 26.2 Å². The molecule has 1 aliphatic rings. The first-order valence-corrected chi connectivity index (χ1v) is 6.71. The SMILES string of the molecule is CCN(CC1CCCNC1)C(=O)c1ccncc1. The standard InChI is InChI=1S/C14H21N3O/c1-2-17(11-12-4-3-7-16-10-12)14(18)13-5-8-15-9-6-13/h5-6,8-9,12,16H,2-4,7,10-11H2,1H3. The second-order valence-electron chi connectivity index (χ2n) is 4.79. The maximum absolute atomic E-state index is 12.3. The predicted molar refractivity (Wildman–Crippen MR) is 71.4 cm³/mol. The van der Waals surface area contributed by atoms with Crippen molar-refractivity contribution >= 4 is 5.91 Å². The molecule has 0 radical (unpaired) electrons. The third-order valence-corrected chi connectivity index (χ3v) is 3.47. The van der Waals surface area contributed by atoms with Crippen molar-refractivity contribution in [1.82, 2.24) is 15.2 Å². The molecule has 0 bridgehead atoms. The minimum atomic E-state index is 0.116. The lowest BCUT2D eigenvalue weighted by Gasteiger charge is -2.29. The van der Waals surface area contributed by atoms with Gasteiger partial charge in [0.15, 0.2) is 0 Å². The third kappa shape index (κ3) is 3.29. The Kier molecular flexibility index (Phi) is 4.70. The van der Waals surface area contributed by atoms with Gasteiger partial charge in [0.2, 0.25) is 0 Å². The van der Waals surface area contributed by atoms with Crippen LogP contribution in [0.15, 0.2) is 24.5 Å². The number of nitrogens with zero attached hydrogens (tertiary/aromatic N) is 2. The average molecular weight is 247 g/mol. The largest absolute Gasteiger partial charge is 0.339 e. The van der Waals surface area contributed by atoms with Crippen LogP contribution < -0.4 is 5.32 Å². The Labute approximate surface area is 108 Å². The van der Waals surface area contributed by atoms with Gasteiger partial charge in [-0.15, -0.1) is 0 Å². The fourth-order valence-electron chi connectivity index (χ4n) is 2.42. The highest BCUT2D eigenvalue weighted by Crippen LogP contribution is 2.13. The van der Waals surface area contributed by atoms with Gasteiger partial charge in [-0.2, -0.15) is 0 Å². The molecule has 4 heteroatoms. The molecule has 0 saturated carbocycles. The van der Waals surface area contributed by atoms with Crippen molar-refractivity contribution in [3.8, 4) is 0 Å². The quantitative estimate of drug-likeness (QED) is 0.878. The van der Waals surface area contributed by atoms with Gasteiger partial charge < -0.3 is 10.2 Å². The molecule has 2 heterocycles. The van der Waals surface area contributed by atoms with Gasteiger partial charge in [0.25, 0.3) is 5.91 Å². The minimum Gasteiger partial charge on any atom is -0.339 e. The van der Waals surface area contributed by atoms with Crippen molar-refractivity contribution in [2.45, 2.75) is 19.8 Å². The van der Waals surface area contributed by atoms with Gasteiger partial charge in [-0.05, 0) is 50.9 Å². The zero-order chi connectivity index (χ0) is 12.8. The summed E-state index contributed by atoms with van der Waals surface area (Å²) in [6.45, 7) is 5.79. The molecule has 4 nitrogen and oxygen atoms in total. The van der Waals surface area contributed by atoms with E-state index in [0.29, 0.717) is 5.92 Å². The topological polar surface area (TPSA) is 45.2 Å². The van der Waals surface area contributed by atoms with Crippen molar-refractivity contribution < 1.29 is 4.79 Å². The Morgan fingerprint density at radius 2 is 2.28 bits per heavy atom. The van der Waals surface area contributed by atoms with Crippen LogP contribution in [0.5, 0.6) is 0 Å². The van der Waals surface area contributed by atoms with E-state index in [-0.39, 0.29) is 5.91 Å². The first-order chi connectivity index (χ1) is 8.81. The Morgan fingerprint density at radius 1 is 1.50 bits per heavy atom. The van der Waals surface area contributed by atoms with Crippen molar-refractivity contribution in [1.29, 1.82) is 0 Å². The summed E-state index contributed by atoms with van der Waals surface area (Å²) in [7, 11) is 0. The zero-order valence-electron chi connectivity index (χ0n) is 10.9. The van der Waals surface area contributed by atoms with Crippen LogP contribution in [-0.2, 0) is 0 Å². The predicted octanol–water partition coefficient (Wildman–Crippen LogP) is 1.54. The first-order valence-electron chi connectivity index (χ1n) is 6.71. The van der Waals surface area contributed by atoms with Crippen molar-refractivity contribution in [3.05, 3.63) is 30.1 Å². The summed E-state index contributed by atoms with van der Waals surface area (Å²) < 4.78 is 0. The molecule has 1 fully saturated rings. The van der Waals surface area contributed by atoms with E-state index in [1.807, 2.05) is 11.8 Å². The van der Waals surface area contributed by atoms with E-state index < -0.39 is 0 Å². The van der Waals surface area contributed by atoms with Crippen LogP contribution in [0.25, 0.3) is 0 Å². The molecule has 0 spiro atoms. The lowest BCUT2D eigenvalue weighted by atomic mass is 9.99. The molecule has 1 atom stereocenters. The summed E-state index contributed by atoms with van der Waals surface area (Å²) in [4.78, 5) is 18.2. The van der Waals surface area contributed by atoms with Crippen LogP contribution in [-0.4, -0.2) is 42.0 Å². The molecule has 0 aromatic carbocycles. The van der Waals surface area contributed by atoms with Gasteiger partial charge in [0.1, 0.15) is 0 Å². The van der Waals surface area contributed by atoms with Gasteiger partial charge in [-0.1, -0.05) is 0 Å². The molecule has 18 heavy (non-hydrogen) atoms. The number of nitrogens with one attached hydrogen (secondary N) is 1. The number of rotatable bonds is 4. The van der Waals surface area contributed by atoms with Crippen LogP contribution in [0, 0.1) is 5.92 Å². The normalized spacial score (nSPS) is 19.5. The van der Waals surface area contributed by atoms with E-state index in [9.17, 15) is 4.79 Å². The first kappa shape index (κ1) is 13.0. The molecule has 1 aromatic heterocycles. The second kappa shape index (κ2) is 6.50. The van der Waals surface area contributed by atoms with Gasteiger partial charge in [-0.3, -0.25) is 9.78 Å².